The first-order valence-corrected chi connectivity index (χ1v) is 10.0. The van der Waals surface area contributed by atoms with Gasteiger partial charge in [-0.15, -0.1) is 24.0 Å². The summed E-state index contributed by atoms with van der Waals surface area (Å²) in [7, 11) is 2.07. The van der Waals surface area contributed by atoms with Crippen LogP contribution in [-0.4, -0.2) is 56.2 Å². The zero-order chi connectivity index (χ0) is 19.6. The number of guanidine groups is 1. The molecule has 0 bridgehead atoms. The topological polar surface area (TPSA) is 66.0 Å². The van der Waals surface area contributed by atoms with Crippen LogP contribution in [0.15, 0.2) is 29.3 Å². The number of halogens is 1. The molecule has 0 saturated carbocycles. The number of benzene rings is 1. The van der Waals surface area contributed by atoms with Crippen LogP contribution in [0.2, 0.25) is 0 Å². The molecule has 2 rings (SSSR count). The standard InChI is InChI=1S/C21H34N4O2.HI/c1-5-16(3)24-20(26)19-9-7-17(8-10-19)13-23-21(22-6-2)25(4)14-18-11-12-27-15-18;/h7-10,16,18H,5-6,11-15H2,1-4H3,(H,22,23)(H,24,26);1H. The van der Waals surface area contributed by atoms with Gasteiger partial charge in [0.25, 0.3) is 5.91 Å². The largest absolute Gasteiger partial charge is 0.381 e. The van der Waals surface area contributed by atoms with Crippen LogP contribution >= 0.6 is 24.0 Å². The van der Waals surface area contributed by atoms with E-state index in [1.807, 2.05) is 31.2 Å². The maximum Gasteiger partial charge on any atom is 0.251 e. The normalized spacial score (nSPS) is 17.6. The average molecular weight is 502 g/mol. The molecule has 1 aromatic carbocycles. The molecule has 1 heterocycles. The van der Waals surface area contributed by atoms with Crippen molar-refractivity contribution < 1.29 is 9.53 Å². The minimum Gasteiger partial charge on any atom is -0.381 e. The van der Waals surface area contributed by atoms with E-state index in [1.54, 1.807) is 0 Å². The fourth-order valence-corrected chi connectivity index (χ4v) is 3.01. The first-order chi connectivity index (χ1) is 13.0. The first kappa shape index (κ1) is 24.7. The number of amides is 1. The minimum absolute atomic E-state index is 0. The van der Waals surface area contributed by atoms with Crippen molar-refractivity contribution in [2.24, 2.45) is 10.9 Å². The fraction of sp³-hybridized carbons (Fsp3) is 0.619. The molecule has 1 amide bonds. The Morgan fingerprint density at radius 3 is 2.61 bits per heavy atom. The lowest BCUT2D eigenvalue weighted by atomic mass is 10.1. The van der Waals surface area contributed by atoms with Gasteiger partial charge in [0.15, 0.2) is 5.96 Å². The van der Waals surface area contributed by atoms with Crippen LogP contribution in [0.5, 0.6) is 0 Å². The number of nitrogens with one attached hydrogen (secondary N) is 2. The van der Waals surface area contributed by atoms with Crippen LogP contribution in [0.4, 0.5) is 0 Å². The fourth-order valence-electron chi connectivity index (χ4n) is 3.01. The van der Waals surface area contributed by atoms with Gasteiger partial charge in [-0.1, -0.05) is 19.1 Å². The van der Waals surface area contributed by atoms with Crippen LogP contribution < -0.4 is 10.6 Å². The van der Waals surface area contributed by atoms with Crippen LogP contribution in [0, 0.1) is 5.92 Å². The Balaban J connectivity index is 0.00000392. The van der Waals surface area contributed by atoms with Gasteiger partial charge in [-0.05, 0) is 44.4 Å². The van der Waals surface area contributed by atoms with Crippen LogP contribution in [0.3, 0.4) is 0 Å². The van der Waals surface area contributed by atoms with Crippen molar-refractivity contribution in [1.29, 1.82) is 0 Å². The average Bonchev–Trinajstić information content (AvgIpc) is 3.18. The Kier molecular flexibility index (Phi) is 11.4. The third kappa shape index (κ3) is 7.95. The Labute approximate surface area is 186 Å². The summed E-state index contributed by atoms with van der Waals surface area (Å²) in [6.45, 7) is 10.2. The third-order valence-corrected chi connectivity index (χ3v) is 4.87. The molecule has 1 aliphatic heterocycles. The molecule has 28 heavy (non-hydrogen) atoms. The predicted molar refractivity (Wildman–Crippen MR) is 125 cm³/mol. The highest BCUT2D eigenvalue weighted by atomic mass is 127. The Hall–Kier alpha value is -1.35. The summed E-state index contributed by atoms with van der Waals surface area (Å²) in [6.07, 6.45) is 2.04. The van der Waals surface area contributed by atoms with Gasteiger partial charge in [-0.3, -0.25) is 4.79 Å². The zero-order valence-corrected chi connectivity index (χ0v) is 19.9. The van der Waals surface area contributed by atoms with E-state index < -0.39 is 0 Å². The van der Waals surface area contributed by atoms with Crippen LogP contribution in [0.25, 0.3) is 0 Å². The van der Waals surface area contributed by atoms with Gasteiger partial charge in [0, 0.05) is 44.3 Å². The van der Waals surface area contributed by atoms with E-state index in [-0.39, 0.29) is 35.9 Å². The first-order valence-electron chi connectivity index (χ1n) is 10.0. The molecule has 1 aliphatic rings. The number of hydrogen-bond donors (Lipinski definition) is 2. The molecule has 6 nitrogen and oxygen atoms in total. The summed E-state index contributed by atoms with van der Waals surface area (Å²) in [5.74, 6) is 1.46. The second-order valence-corrected chi connectivity index (χ2v) is 7.26. The summed E-state index contributed by atoms with van der Waals surface area (Å²) >= 11 is 0. The number of ether oxygens (including phenoxy) is 1. The van der Waals surface area contributed by atoms with Gasteiger partial charge >= 0.3 is 0 Å². The Bertz CT molecular complexity index is 615. The van der Waals surface area contributed by atoms with Gasteiger partial charge in [0.2, 0.25) is 0 Å². The third-order valence-electron chi connectivity index (χ3n) is 4.87. The number of hydrogen-bond acceptors (Lipinski definition) is 3. The van der Waals surface area contributed by atoms with E-state index in [4.69, 9.17) is 9.73 Å². The van der Waals surface area contributed by atoms with Gasteiger partial charge in [0.05, 0.1) is 13.2 Å². The highest BCUT2D eigenvalue weighted by Gasteiger charge is 2.19. The van der Waals surface area contributed by atoms with Crippen molar-refractivity contribution in [3.8, 4) is 0 Å². The lowest BCUT2D eigenvalue weighted by molar-refractivity contribution is 0.0939. The minimum atomic E-state index is -0.0220. The van der Waals surface area contributed by atoms with Gasteiger partial charge in [0.1, 0.15) is 0 Å². The summed E-state index contributed by atoms with van der Waals surface area (Å²) in [4.78, 5) is 19.1. The predicted octanol–water partition coefficient (Wildman–Crippen LogP) is 3.27. The Morgan fingerprint density at radius 2 is 2.04 bits per heavy atom. The summed E-state index contributed by atoms with van der Waals surface area (Å²) in [6, 6.07) is 7.88. The van der Waals surface area contributed by atoms with Crippen molar-refractivity contribution >= 4 is 35.8 Å². The number of rotatable bonds is 8. The van der Waals surface area contributed by atoms with Crippen LogP contribution in [-0.2, 0) is 11.3 Å². The number of nitrogens with zero attached hydrogens (tertiary/aromatic N) is 2. The SMILES string of the molecule is CCNC(=NCc1ccc(C(=O)NC(C)CC)cc1)N(C)CC1CCOC1.I. The molecule has 0 aromatic heterocycles. The van der Waals surface area contributed by atoms with E-state index in [0.29, 0.717) is 18.0 Å². The Morgan fingerprint density at radius 1 is 1.32 bits per heavy atom. The van der Waals surface area contributed by atoms with E-state index in [9.17, 15) is 4.79 Å². The van der Waals surface area contributed by atoms with Crippen molar-refractivity contribution in [3.05, 3.63) is 35.4 Å². The summed E-state index contributed by atoms with van der Waals surface area (Å²) in [5, 5.41) is 6.34. The molecule has 1 saturated heterocycles. The van der Waals surface area contributed by atoms with E-state index in [2.05, 4.69) is 36.4 Å². The molecule has 2 unspecified atom stereocenters. The van der Waals surface area contributed by atoms with Crippen molar-refractivity contribution in [2.45, 2.75) is 46.2 Å². The maximum atomic E-state index is 12.2. The summed E-state index contributed by atoms with van der Waals surface area (Å²) in [5.41, 5.74) is 1.77. The smallest absolute Gasteiger partial charge is 0.251 e. The van der Waals surface area contributed by atoms with Gasteiger partial charge in [-0.2, -0.15) is 0 Å². The molecule has 1 fully saturated rings. The molecular formula is C21H35IN4O2. The number of aliphatic imine (C=N–C) groups is 1. The molecular weight excluding hydrogens is 467 g/mol. The monoisotopic (exact) mass is 502 g/mol. The summed E-state index contributed by atoms with van der Waals surface area (Å²) < 4.78 is 5.47. The van der Waals surface area contributed by atoms with E-state index in [0.717, 1.165) is 50.7 Å². The molecule has 158 valence electrons. The van der Waals surface area contributed by atoms with Crippen molar-refractivity contribution in [2.75, 3.05) is 33.4 Å². The number of carbonyl (C=O) groups is 1. The van der Waals surface area contributed by atoms with Crippen molar-refractivity contribution in [3.63, 3.8) is 0 Å². The molecule has 7 heteroatoms. The lowest BCUT2D eigenvalue weighted by Gasteiger charge is -2.24. The second kappa shape index (κ2) is 13.0. The molecule has 0 aliphatic carbocycles. The lowest BCUT2D eigenvalue weighted by Crippen LogP contribution is -2.41. The zero-order valence-electron chi connectivity index (χ0n) is 17.5. The maximum absolute atomic E-state index is 12.2. The van der Waals surface area contributed by atoms with Crippen LogP contribution in [0.1, 0.15) is 49.5 Å². The highest BCUT2D eigenvalue weighted by molar-refractivity contribution is 14.0. The molecule has 0 spiro atoms. The highest BCUT2D eigenvalue weighted by Crippen LogP contribution is 2.13. The molecule has 2 N–H and O–H groups in total. The van der Waals surface area contributed by atoms with Gasteiger partial charge < -0.3 is 20.3 Å². The molecule has 1 aromatic rings. The molecule has 0 radical (unpaired) electrons. The van der Waals surface area contributed by atoms with E-state index in [1.165, 1.54) is 0 Å². The van der Waals surface area contributed by atoms with Gasteiger partial charge in [-0.25, -0.2) is 4.99 Å². The second-order valence-electron chi connectivity index (χ2n) is 7.26. The molecule has 2 atom stereocenters. The quantitative estimate of drug-likeness (QED) is 0.326. The van der Waals surface area contributed by atoms with Crippen molar-refractivity contribution in [1.82, 2.24) is 15.5 Å². The number of carbonyl (C=O) groups excluding carboxylic acids is 1. The van der Waals surface area contributed by atoms with E-state index >= 15 is 0 Å².